The highest BCUT2D eigenvalue weighted by Crippen LogP contribution is 2.17. The third-order valence-corrected chi connectivity index (χ3v) is 3.06. The zero-order chi connectivity index (χ0) is 10.7. The molecule has 0 amide bonds. The number of hydrogen-bond acceptors (Lipinski definition) is 1. The predicted octanol–water partition coefficient (Wildman–Crippen LogP) is 2.57. The van der Waals surface area contributed by atoms with E-state index in [9.17, 15) is 0 Å². The molecule has 0 atom stereocenters. The molecule has 82 valence electrons. The molecule has 0 bridgehead atoms. The molecule has 1 nitrogen and oxygen atoms in total. The Bertz CT molecular complexity index is 328. The Labute approximate surface area is 92.9 Å². The maximum absolute atomic E-state index is 3.45. The third kappa shape index (κ3) is 2.82. The first-order valence-electron chi connectivity index (χ1n) is 6.07. The van der Waals surface area contributed by atoms with E-state index in [1.807, 2.05) is 0 Å². The summed E-state index contributed by atoms with van der Waals surface area (Å²) in [4.78, 5) is 0. The second-order valence-electron chi connectivity index (χ2n) is 4.95. The molecule has 0 saturated heterocycles. The topological polar surface area (TPSA) is 12.0 Å². The Kier molecular flexibility index (Phi) is 3.42. The quantitative estimate of drug-likeness (QED) is 0.779. The molecule has 0 saturated carbocycles. The fourth-order valence-corrected chi connectivity index (χ4v) is 2.33. The minimum Gasteiger partial charge on any atom is -0.316 e. The number of rotatable bonds is 2. The molecule has 1 aromatic rings. The first kappa shape index (κ1) is 10.7. The molecule has 1 heterocycles. The highest BCUT2D eigenvalue weighted by Gasteiger charge is 2.08. The van der Waals surface area contributed by atoms with E-state index in [-0.39, 0.29) is 0 Å². The van der Waals surface area contributed by atoms with Crippen LogP contribution >= 0.6 is 0 Å². The van der Waals surface area contributed by atoms with Crippen LogP contribution in [0.2, 0.25) is 0 Å². The molecule has 15 heavy (non-hydrogen) atoms. The summed E-state index contributed by atoms with van der Waals surface area (Å²) < 4.78 is 0. The van der Waals surface area contributed by atoms with Gasteiger partial charge >= 0.3 is 0 Å². The molecule has 0 fully saturated rings. The van der Waals surface area contributed by atoms with Crippen molar-refractivity contribution in [3.63, 3.8) is 0 Å². The molecular weight excluding hydrogens is 182 g/mol. The molecular formula is C14H21N. The molecule has 0 aromatic heterocycles. The first-order valence-corrected chi connectivity index (χ1v) is 6.07. The molecule has 1 heteroatoms. The molecule has 1 aromatic carbocycles. The van der Waals surface area contributed by atoms with Crippen molar-refractivity contribution < 1.29 is 0 Å². The predicted molar refractivity (Wildman–Crippen MR) is 65.3 cm³/mol. The van der Waals surface area contributed by atoms with Gasteiger partial charge in [-0.3, -0.25) is 0 Å². The molecule has 0 spiro atoms. The molecule has 0 aliphatic carbocycles. The van der Waals surface area contributed by atoms with Crippen LogP contribution in [0.4, 0.5) is 0 Å². The van der Waals surface area contributed by atoms with Gasteiger partial charge in [0, 0.05) is 0 Å². The van der Waals surface area contributed by atoms with Gasteiger partial charge in [0.25, 0.3) is 0 Å². The van der Waals surface area contributed by atoms with Gasteiger partial charge in [-0.15, -0.1) is 0 Å². The maximum Gasteiger partial charge on any atom is -0.000812 e. The van der Waals surface area contributed by atoms with Crippen LogP contribution in [0, 0.1) is 5.92 Å². The summed E-state index contributed by atoms with van der Waals surface area (Å²) in [5.74, 6) is 0.756. The van der Waals surface area contributed by atoms with Gasteiger partial charge in [-0.1, -0.05) is 32.0 Å². The summed E-state index contributed by atoms with van der Waals surface area (Å²) in [6.45, 7) is 6.84. The average molecular weight is 203 g/mol. The lowest BCUT2D eigenvalue weighted by atomic mass is 9.96. The van der Waals surface area contributed by atoms with E-state index in [0.717, 1.165) is 19.0 Å². The summed E-state index contributed by atoms with van der Waals surface area (Å²) in [7, 11) is 0. The smallest absolute Gasteiger partial charge is 0.000812 e. The second-order valence-corrected chi connectivity index (χ2v) is 4.95. The number of hydrogen-bond donors (Lipinski definition) is 1. The summed E-state index contributed by atoms with van der Waals surface area (Å²) in [5, 5.41) is 3.45. The van der Waals surface area contributed by atoms with Crippen LogP contribution in [0.3, 0.4) is 0 Å². The van der Waals surface area contributed by atoms with Crippen molar-refractivity contribution in [2.45, 2.75) is 33.1 Å². The standard InChI is InChI=1S/C14H21N/c1-11(2)9-12-3-4-13-5-7-15-8-6-14(13)10-12/h3-4,10-11,15H,5-9H2,1-2H3. The Balaban J connectivity index is 2.20. The van der Waals surface area contributed by atoms with Crippen molar-refractivity contribution in [2.24, 2.45) is 5.92 Å². The lowest BCUT2D eigenvalue weighted by Crippen LogP contribution is -2.16. The van der Waals surface area contributed by atoms with Gasteiger partial charge in [0.1, 0.15) is 0 Å². The molecule has 0 unspecified atom stereocenters. The Morgan fingerprint density at radius 1 is 1.13 bits per heavy atom. The van der Waals surface area contributed by atoms with E-state index in [1.54, 1.807) is 11.1 Å². The lowest BCUT2D eigenvalue weighted by molar-refractivity contribution is 0.646. The van der Waals surface area contributed by atoms with Crippen molar-refractivity contribution in [2.75, 3.05) is 13.1 Å². The minimum absolute atomic E-state index is 0.756. The normalized spacial score (nSPS) is 16.2. The third-order valence-electron chi connectivity index (χ3n) is 3.06. The number of nitrogens with one attached hydrogen (secondary N) is 1. The van der Waals surface area contributed by atoms with Crippen LogP contribution in [0.5, 0.6) is 0 Å². The van der Waals surface area contributed by atoms with E-state index < -0.39 is 0 Å². The van der Waals surface area contributed by atoms with Crippen molar-refractivity contribution in [3.8, 4) is 0 Å². The van der Waals surface area contributed by atoms with Crippen LogP contribution < -0.4 is 5.32 Å². The van der Waals surface area contributed by atoms with Crippen LogP contribution in [0.1, 0.15) is 30.5 Å². The molecule has 1 N–H and O–H groups in total. The average Bonchev–Trinajstić information content (AvgIpc) is 2.41. The lowest BCUT2D eigenvalue weighted by Gasteiger charge is -2.10. The highest BCUT2D eigenvalue weighted by molar-refractivity contribution is 5.33. The molecule has 1 aliphatic heterocycles. The van der Waals surface area contributed by atoms with Crippen LogP contribution in [0.15, 0.2) is 18.2 Å². The molecule has 2 rings (SSSR count). The zero-order valence-corrected chi connectivity index (χ0v) is 9.84. The maximum atomic E-state index is 3.45. The fraction of sp³-hybridized carbons (Fsp3) is 0.571. The summed E-state index contributed by atoms with van der Waals surface area (Å²) in [5.41, 5.74) is 4.62. The van der Waals surface area contributed by atoms with Gasteiger partial charge in [-0.2, -0.15) is 0 Å². The summed E-state index contributed by atoms with van der Waals surface area (Å²) in [6.07, 6.45) is 3.60. The van der Waals surface area contributed by atoms with Gasteiger partial charge in [0.15, 0.2) is 0 Å². The Hall–Kier alpha value is -0.820. The van der Waals surface area contributed by atoms with E-state index in [4.69, 9.17) is 0 Å². The molecule has 0 radical (unpaired) electrons. The van der Waals surface area contributed by atoms with Crippen LogP contribution in [-0.4, -0.2) is 13.1 Å². The van der Waals surface area contributed by atoms with Crippen LogP contribution in [0.25, 0.3) is 0 Å². The first-order chi connectivity index (χ1) is 7.25. The monoisotopic (exact) mass is 203 g/mol. The summed E-state index contributed by atoms with van der Waals surface area (Å²) >= 11 is 0. The van der Waals surface area contributed by atoms with Crippen LogP contribution in [-0.2, 0) is 19.3 Å². The van der Waals surface area contributed by atoms with E-state index in [2.05, 4.69) is 37.4 Å². The van der Waals surface area contributed by atoms with E-state index in [1.165, 1.54) is 24.8 Å². The van der Waals surface area contributed by atoms with Gasteiger partial charge in [0.2, 0.25) is 0 Å². The Morgan fingerprint density at radius 3 is 2.60 bits per heavy atom. The van der Waals surface area contributed by atoms with Crippen molar-refractivity contribution in [1.29, 1.82) is 0 Å². The second kappa shape index (κ2) is 4.80. The number of benzene rings is 1. The molecule has 1 aliphatic rings. The van der Waals surface area contributed by atoms with Gasteiger partial charge < -0.3 is 5.32 Å². The van der Waals surface area contributed by atoms with Gasteiger partial charge in [0.05, 0.1) is 0 Å². The van der Waals surface area contributed by atoms with E-state index in [0.29, 0.717) is 0 Å². The zero-order valence-electron chi connectivity index (χ0n) is 9.84. The largest absolute Gasteiger partial charge is 0.316 e. The summed E-state index contributed by atoms with van der Waals surface area (Å²) in [6, 6.07) is 7.06. The van der Waals surface area contributed by atoms with Gasteiger partial charge in [-0.05, 0) is 55.0 Å². The Morgan fingerprint density at radius 2 is 1.87 bits per heavy atom. The van der Waals surface area contributed by atoms with Crippen molar-refractivity contribution in [1.82, 2.24) is 5.32 Å². The number of fused-ring (bicyclic) bond motifs is 1. The van der Waals surface area contributed by atoms with Crippen molar-refractivity contribution >= 4 is 0 Å². The van der Waals surface area contributed by atoms with Crippen molar-refractivity contribution in [3.05, 3.63) is 34.9 Å². The fourth-order valence-electron chi connectivity index (χ4n) is 2.33. The SMILES string of the molecule is CC(C)Cc1ccc2c(c1)CCNCC2. The van der Waals surface area contributed by atoms with Gasteiger partial charge in [-0.25, -0.2) is 0 Å². The minimum atomic E-state index is 0.756. The van der Waals surface area contributed by atoms with E-state index >= 15 is 0 Å². The highest BCUT2D eigenvalue weighted by atomic mass is 14.8.